The topological polar surface area (TPSA) is 69.3 Å². The molecule has 1 aliphatic rings. The van der Waals surface area contributed by atoms with E-state index in [0.29, 0.717) is 48.4 Å². The van der Waals surface area contributed by atoms with Gasteiger partial charge in [-0.1, -0.05) is 12.1 Å². The van der Waals surface area contributed by atoms with Gasteiger partial charge in [-0.2, -0.15) is 0 Å². The molecule has 7 nitrogen and oxygen atoms in total. The second-order valence-electron chi connectivity index (χ2n) is 6.23. The first-order chi connectivity index (χ1) is 13.1. The number of rotatable bonds is 7. The van der Waals surface area contributed by atoms with E-state index in [1.165, 1.54) is 0 Å². The predicted molar refractivity (Wildman–Crippen MR) is 102 cm³/mol. The summed E-state index contributed by atoms with van der Waals surface area (Å²) < 4.78 is 21.8. The second kappa shape index (κ2) is 8.64. The molecule has 0 atom stereocenters. The van der Waals surface area contributed by atoms with Crippen molar-refractivity contribution in [1.82, 2.24) is 4.90 Å². The molecule has 0 saturated carbocycles. The Balaban J connectivity index is 1.60. The quantitative estimate of drug-likeness (QED) is 0.806. The monoisotopic (exact) mass is 372 g/mol. The summed E-state index contributed by atoms with van der Waals surface area (Å²) >= 11 is 0. The normalized spacial score (nSPS) is 12.6. The number of carbonyl (C=O) groups is 1. The van der Waals surface area contributed by atoms with Crippen LogP contribution >= 0.6 is 0 Å². The summed E-state index contributed by atoms with van der Waals surface area (Å²) in [7, 11) is 5.09. The van der Waals surface area contributed by atoms with Crippen molar-refractivity contribution in [2.45, 2.75) is 6.54 Å². The lowest BCUT2D eigenvalue weighted by molar-refractivity contribution is -0.117. The summed E-state index contributed by atoms with van der Waals surface area (Å²) in [6.07, 6.45) is 0. The number of benzene rings is 2. The number of likely N-dealkylation sites (N-methyl/N-ethyl adjacent to an activating group) is 1. The zero-order chi connectivity index (χ0) is 19.2. The van der Waals surface area contributed by atoms with Crippen molar-refractivity contribution in [1.29, 1.82) is 0 Å². The van der Waals surface area contributed by atoms with E-state index >= 15 is 0 Å². The van der Waals surface area contributed by atoms with Gasteiger partial charge in [-0.3, -0.25) is 9.69 Å². The number of amides is 1. The van der Waals surface area contributed by atoms with E-state index in [1.54, 1.807) is 32.4 Å². The zero-order valence-electron chi connectivity index (χ0n) is 15.8. The maximum absolute atomic E-state index is 12.4. The van der Waals surface area contributed by atoms with Crippen molar-refractivity contribution in [2.24, 2.45) is 0 Å². The summed E-state index contributed by atoms with van der Waals surface area (Å²) in [5.41, 5.74) is 1.63. The second-order valence-corrected chi connectivity index (χ2v) is 6.23. The maximum atomic E-state index is 12.4. The average Bonchev–Trinajstić information content (AvgIpc) is 2.67. The third-order valence-corrected chi connectivity index (χ3v) is 4.16. The van der Waals surface area contributed by atoms with Gasteiger partial charge in [-0.25, -0.2) is 0 Å². The first kappa shape index (κ1) is 18.8. The van der Waals surface area contributed by atoms with Crippen LogP contribution in [0.1, 0.15) is 5.56 Å². The molecular weight excluding hydrogens is 348 g/mol. The van der Waals surface area contributed by atoms with Crippen LogP contribution in [0.25, 0.3) is 0 Å². The number of hydrogen-bond donors (Lipinski definition) is 1. The van der Waals surface area contributed by atoms with E-state index in [-0.39, 0.29) is 12.5 Å². The first-order valence-corrected chi connectivity index (χ1v) is 8.68. The van der Waals surface area contributed by atoms with Crippen LogP contribution < -0.4 is 24.3 Å². The number of methoxy groups -OCH3 is 2. The highest BCUT2D eigenvalue weighted by molar-refractivity contribution is 5.92. The number of fused-ring (bicyclic) bond motifs is 1. The molecular formula is C20H24N2O5. The number of ether oxygens (including phenoxy) is 4. The van der Waals surface area contributed by atoms with Crippen molar-refractivity contribution in [3.05, 3.63) is 42.0 Å². The molecule has 0 radical (unpaired) electrons. The van der Waals surface area contributed by atoms with Gasteiger partial charge in [-0.05, 0) is 25.2 Å². The molecule has 1 heterocycles. The van der Waals surface area contributed by atoms with Gasteiger partial charge in [0.2, 0.25) is 5.91 Å². The zero-order valence-corrected chi connectivity index (χ0v) is 15.8. The summed E-state index contributed by atoms with van der Waals surface area (Å²) in [5, 5.41) is 2.89. The lowest BCUT2D eigenvalue weighted by Crippen LogP contribution is -2.30. The van der Waals surface area contributed by atoms with Crippen LogP contribution in [-0.4, -0.2) is 51.8 Å². The lowest BCUT2D eigenvalue weighted by Gasteiger charge is -2.20. The van der Waals surface area contributed by atoms with Crippen LogP contribution in [0.3, 0.4) is 0 Å². The molecule has 144 valence electrons. The summed E-state index contributed by atoms with van der Waals surface area (Å²) in [5.74, 6) is 2.58. The van der Waals surface area contributed by atoms with Gasteiger partial charge in [0.05, 0.1) is 20.8 Å². The molecule has 1 N–H and O–H groups in total. The Kier molecular flexibility index (Phi) is 6.03. The fourth-order valence-electron chi connectivity index (χ4n) is 2.99. The number of carbonyl (C=O) groups excluding carboxylic acids is 1. The van der Waals surface area contributed by atoms with E-state index < -0.39 is 0 Å². The average molecular weight is 372 g/mol. The van der Waals surface area contributed by atoms with Crippen molar-refractivity contribution >= 4 is 11.6 Å². The minimum atomic E-state index is -0.115. The molecule has 7 heteroatoms. The highest BCUT2D eigenvalue weighted by atomic mass is 16.6. The highest BCUT2D eigenvalue weighted by Crippen LogP contribution is 2.33. The van der Waals surface area contributed by atoms with Crippen LogP contribution in [0.15, 0.2) is 36.4 Å². The Labute approximate surface area is 158 Å². The fourth-order valence-corrected chi connectivity index (χ4v) is 2.99. The van der Waals surface area contributed by atoms with E-state index in [2.05, 4.69) is 5.32 Å². The molecule has 2 aromatic rings. The van der Waals surface area contributed by atoms with Crippen LogP contribution in [0, 0.1) is 0 Å². The van der Waals surface area contributed by atoms with Gasteiger partial charge in [0, 0.05) is 23.9 Å². The Bertz CT molecular complexity index is 809. The minimum absolute atomic E-state index is 0.115. The van der Waals surface area contributed by atoms with E-state index in [0.717, 1.165) is 5.56 Å². The largest absolute Gasteiger partial charge is 0.493 e. The molecule has 0 saturated heterocycles. The SMILES string of the molecule is COc1cccc(CN(C)CC(=O)Nc2ccc3c(c2)OCCO3)c1OC. The van der Waals surface area contributed by atoms with Crippen LogP contribution in [0.5, 0.6) is 23.0 Å². The number of hydrogen-bond acceptors (Lipinski definition) is 6. The third-order valence-electron chi connectivity index (χ3n) is 4.16. The van der Waals surface area contributed by atoms with E-state index in [4.69, 9.17) is 18.9 Å². The summed E-state index contributed by atoms with van der Waals surface area (Å²) in [4.78, 5) is 14.3. The molecule has 1 amide bonds. The van der Waals surface area contributed by atoms with Gasteiger partial charge in [0.15, 0.2) is 23.0 Å². The van der Waals surface area contributed by atoms with E-state index in [9.17, 15) is 4.79 Å². The van der Waals surface area contributed by atoms with Crippen molar-refractivity contribution in [3.8, 4) is 23.0 Å². The molecule has 0 spiro atoms. The molecule has 0 fully saturated rings. The summed E-state index contributed by atoms with van der Waals surface area (Å²) in [6, 6.07) is 11.1. The Morgan fingerprint density at radius 1 is 1.11 bits per heavy atom. The van der Waals surface area contributed by atoms with Crippen LogP contribution in [-0.2, 0) is 11.3 Å². The smallest absolute Gasteiger partial charge is 0.238 e. The number of anilines is 1. The Hall–Kier alpha value is -2.93. The third kappa shape index (κ3) is 4.62. The van der Waals surface area contributed by atoms with Crippen molar-refractivity contribution in [2.75, 3.05) is 46.3 Å². The molecule has 0 unspecified atom stereocenters. The standard InChI is InChI=1S/C20H24N2O5/c1-22(12-14-5-4-6-17(24-2)20(14)25-3)13-19(23)21-15-7-8-16-18(11-15)27-10-9-26-16/h4-8,11H,9-10,12-13H2,1-3H3,(H,21,23). The maximum Gasteiger partial charge on any atom is 0.238 e. The van der Waals surface area contributed by atoms with Crippen molar-refractivity contribution in [3.63, 3.8) is 0 Å². The molecule has 0 aliphatic carbocycles. The van der Waals surface area contributed by atoms with Gasteiger partial charge >= 0.3 is 0 Å². The minimum Gasteiger partial charge on any atom is -0.493 e. The van der Waals surface area contributed by atoms with Crippen LogP contribution in [0.2, 0.25) is 0 Å². The van der Waals surface area contributed by atoms with Gasteiger partial charge in [0.1, 0.15) is 13.2 Å². The first-order valence-electron chi connectivity index (χ1n) is 8.68. The van der Waals surface area contributed by atoms with Gasteiger partial charge in [0.25, 0.3) is 0 Å². The lowest BCUT2D eigenvalue weighted by atomic mass is 10.1. The number of para-hydroxylation sites is 1. The van der Waals surface area contributed by atoms with Crippen molar-refractivity contribution < 1.29 is 23.7 Å². The number of nitrogens with zero attached hydrogens (tertiary/aromatic N) is 1. The molecule has 27 heavy (non-hydrogen) atoms. The van der Waals surface area contributed by atoms with Crippen LogP contribution in [0.4, 0.5) is 5.69 Å². The Morgan fingerprint density at radius 3 is 2.63 bits per heavy atom. The molecule has 0 aromatic heterocycles. The van der Waals surface area contributed by atoms with Gasteiger partial charge < -0.3 is 24.3 Å². The molecule has 0 bridgehead atoms. The van der Waals surface area contributed by atoms with E-state index in [1.807, 2.05) is 30.1 Å². The predicted octanol–water partition coefficient (Wildman–Crippen LogP) is 2.55. The Morgan fingerprint density at radius 2 is 1.89 bits per heavy atom. The molecule has 3 rings (SSSR count). The highest BCUT2D eigenvalue weighted by Gasteiger charge is 2.15. The molecule has 1 aliphatic heterocycles. The fraction of sp³-hybridized carbons (Fsp3) is 0.350. The summed E-state index contributed by atoms with van der Waals surface area (Å²) in [6.45, 7) is 1.83. The number of nitrogens with one attached hydrogen (secondary N) is 1. The van der Waals surface area contributed by atoms with Gasteiger partial charge in [-0.15, -0.1) is 0 Å². The molecule has 2 aromatic carbocycles.